The van der Waals surface area contributed by atoms with Crippen LogP contribution >= 0.6 is 0 Å². The van der Waals surface area contributed by atoms with Gasteiger partial charge in [-0.05, 0) is 43.6 Å². The van der Waals surface area contributed by atoms with Gasteiger partial charge < -0.3 is 0 Å². The number of hydrogen-bond acceptors (Lipinski definition) is 3. The Bertz CT molecular complexity index is 563. The third-order valence-corrected chi connectivity index (χ3v) is 7.85. The summed E-state index contributed by atoms with van der Waals surface area (Å²) < 4.78 is 26.1. The second-order valence-corrected chi connectivity index (χ2v) is 8.60. The van der Waals surface area contributed by atoms with Crippen LogP contribution < -0.4 is 0 Å². The minimum absolute atomic E-state index is 0.0235. The molecule has 3 rings (SSSR count). The molecule has 1 amide bonds. The van der Waals surface area contributed by atoms with Crippen molar-refractivity contribution in [2.75, 3.05) is 5.75 Å². The third-order valence-electron chi connectivity index (χ3n) is 5.94. The minimum Gasteiger partial charge on any atom is -0.269 e. The molecule has 4 nitrogen and oxygen atoms in total. The summed E-state index contributed by atoms with van der Waals surface area (Å²) >= 11 is 0. The number of allylic oxidation sites excluding steroid dienone is 1. The van der Waals surface area contributed by atoms with Crippen LogP contribution in [-0.4, -0.2) is 30.4 Å². The lowest BCUT2D eigenvalue weighted by Gasteiger charge is -2.36. The standard InChI is InChI=1S/C14H21NO3S/c1-4-5-12(16)15-11-8-10-6-7-14(11,13(10,2)3)9-19(15,17)18/h4-5,10-11H,6-9H2,1-3H3/t10-,11+,14+/m0/s1. The Labute approximate surface area is 114 Å². The Morgan fingerprint density at radius 2 is 2.05 bits per heavy atom. The predicted octanol–water partition coefficient (Wildman–Crippen LogP) is 1.93. The highest BCUT2D eigenvalue weighted by molar-refractivity contribution is 7.90. The molecule has 0 aromatic rings. The van der Waals surface area contributed by atoms with Gasteiger partial charge >= 0.3 is 0 Å². The molecule has 2 bridgehead atoms. The van der Waals surface area contributed by atoms with Gasteiger partial charge in [-0.2, -0.15) is 0 Å². The van der Waals surface area contributed by atoms with E-state index < -0.39 is 10.0 Å². The normalized spacial score (nSPS) is 41.9. The first-order chi connectivity index (χ1) is 8.76. The largest absolute Gasteiger partial charge is 0.269 e. The molecule has 2 aliphatic carbocycles. The first-order valence-electron chi connectivity index (χ1n) is 6.95. The SMILES string of the molecule is CC=CC(=O)N1[C@@H]2C[C@@H]3CC[C@]2(CS1(=O)=O)C3(C)C. The van der Waals surface area contributed by atoms with Crippen molar-refractivity contribution in [3.8, 4) is 0 Å². The average molecular weight is 283 g/mol. The summed E-state index contributed by atoms with van der Waals surface area (Å²) in [4.78, 5) is 12.1. The van der Waals surface area contributed by atoms with Gasteiger partial charge in [0.05, 0.1) is 11.8 Å². The van der Waals surface area contributed by atoms with Gasteiger partial charge in [-0.1, -0.05) is 19.9 Å². The number of sulfonamides is 1. The Hall–Kier alpha value is -0.840. The molecule has 3 atom stereocenters. The van der Waals surface area contributed by atoms with Gasteiger partial charge in [-0.15, -0.1) is 0 Å². The summed E-state index contributed by atoms with van der Waals surface area (Å²) in [6.07, 6.45) is 5.87. The molecule has 0 radical (unpaired) electrons. The topological polar surface area (TPSA) is 54.5 Å². The van der Waals surface area contributed by atoms with Crippen LogP contribution in [0.3, 0.4) is 0 Å². The van der Waals surface area contributed by atoms with E-state index in [2.05, 4.69) is 13.8 Å². The molecule has 1 aliphatic heterocycles. The van der Waals surface area contributed by atoms with E-state index in [4.69, 9.17) is 0 Å². The monoisotopic (exact) mass is 283 g/mol. The number of hydrogen-bond donors (Lipinski definition) is 0. The first-order valence-corrected chi connectivity index (χ1v) is 8.56. The second-order valence-electron chi connectivity index (χ2n) is 6.76. The third kappa shape index (κ3) is 1.40. The van der Waals surface area contributed by atoms with Crippen molar-refractivity contribution in [2.45, 2.75) is 46.1 Å². The lowest BCUT2D eigenvalue weighted by Crippen LogP contribution is -2.43. The van der Waals surface area contributed by atoms with Crippen LogP contribution in [0.5, 0.6) is 0 Å². The Kier molecular flexibility index (Phi) is 2.51. The zero-order chi connectivity index (χ0) is 14.1. The predicted molar refractivity (Wildman–Crippen MR) is 72.8 cm³/mol. The quantitative estimate of drug-likeness (QED) is 0.691. The maximum Gasteiger partial charge on any atom is 0.259 e. The molecular formula is C14H21NO3S. The molecule has 3 aliphatic rings. The lowest BCUT2D eigenvalue weighted by molar-refractivity contribution is -0.124. The maximum absolute atomic E-state index is 12.4. The van der Waals surface area contributed by atoms with E-state index in [9.17, 15) is 13.2 Å². The fourth-order valence-electron chi connectivity index (χ4n) is 4.80. The van der Waals surface area contributed by atoms with Crippen LogP contribution in [0.2, 0.25) is 0 Å². The smallest absolute Gasteiger partial charge is 0.259 e. The van der Waals surface area contributed by atoms with Gasteiger partial charge in [0.15, 0.2) is 0 Å². The summed E-state index contributed by atoms with van der Waals surface area (Å²) in [6.45, 7) is 6.11. The van der Waals surface area contributed by atoms with E-state index >= 15 is 0 Å². The van der Waals surface area contributed by atoms with Crippen LogP contribution in [0.4, 0.5) is 0 Å². The van der Waals surface area contributed by atoms with Gasteiger partial charge in [0.1, 0.15) is 0 Å². The number of amides is 1. The molecule has 0 aromatic heterocycles. The summed E-state index contributed by atoms with van der Waals surface area (Å²) in [5.41, 5.74) is -0.191. The Morgan fingerprint density at radius 1 is 1.37 bits per heavy atom. The van der Waals surface area contributed by atoms with E-state index in [1.165, 1.54) is 10.4 Å². The molecular weight excluding hydrogens is 262 g/mol. The molecule has 3 fully saturated rings. The summed E-state index contributed by atoms with van der Waals surface area (Å²) in [5, 5.41) is 0. The fraction of sp³-hybridized carbons (Fsp3) is 0.786. The van der Waals surface area contributed by atoms with E-state index in [1.807, 2.05) is 0 Å². The Balaban J connectivity index is 2.09. The van der Waals surface area contributed by atoms with Crippen molar-refractivity contribution in [2.24, 2.45) is 16.7 Å². The number of fused-ring (bicyclic) bond motifs is 1. The highest BCUT2D eigenvalue weighted by Gasteiger charge is 2.72. The maximum atomic E-state index is 12.4. The highest BCUT2D eigenvalue weighted by atomic mass is 32.2. The zero-order valence-corrected chi connectivity index (χ0v) is 12.5. The fourth-order valence-corrected chi connectivity index (χ4v) is 7.30. The number of carbonyl (C=O) groups is 1. The molecule has 1 spiro atoms. The lowest BCUT2D eigenvalue weighted by atomic mass is 9.69. The van der Waals surface area contributed by atoms with Gasteiger partial charge in [-0.25, -0.2) is 12.7 Å². The molecule has 2 saturated carbocycles. The number of rotatable bonds is 1. The van der Waals surface area contributed by atoms with Crippen molar-refractivity contribution >= 4 is 15.9 Å². The highest BCUT2D eigenvalue weighted by Crippen LogP contribution is 2.69. The van der Waals surface area contributed by atoms with Crippen LogP contribution in [0.1, 0.15) is 40.0 Å². The average Bonchev–Trinajstić information content (AvgIpc) is 2.75. The summed E-state index contributed by atoms with van der Waals surface area (Å²) in [5.74, 6) is 0.332. The molecule has 1 heterocycles. The number of nitrogens with zero attached hydrogens (tertiary/aromatic N) is 1. The van der Waals surface area contributed by atoms with Gasteiger partial charge in [0.25, 0.3) is 5.91 Å². The number of carbonyl (C=O) groups excluding carboxylic acids is 1. The van der Waals surface area contributed by atoms with Crippen molar-refractivity contribution in [1.29, 1.82) is 0 Å². The van der Waals surface area contributed by atoms with Crippen LogP contribution in [-0.2, 0) is 14.8 Å². The van der Waals surface area contributed by atoms with E-state index in [1.54, 1.807) is 13.0 Å². The van der Waals surface area contributed by atoms with Crippen molar-refractivity contribution in [3.63, 3.8) is 0 Å². The molecule has 0 N–H and O–H groups in total. The molecule has 106 valence electrons. The minimum atomic E-state index is -3.45. The van der Waals surface area contributed by atoms with Crippen LogP contribution in [0.15, 0.2) is 12.2 Å². The van der Waals surface area contributed by atoms with Gasteiger partial charge in [0, 0.05) is 5.41 Å². The van der Waals surface area contributed by atoms with Crippen molar-refractivity contribution in [3.05, 3.63) is 12.2 Å². The second kappa shape index (κ2) is 3.62. The van der Waals surface area contributed by atoms with E-state index in [0.29, 0.717) is 5.92 Å². The molecule has 1 saturated heterocycles. The van der Waals surface area contributed by atoms with E-state index in [-0.39, 0.29) is 28.5 Å². The first kappa shape index (κ1) is 13.2. The van der Waals surface area contributed by atoms with Crippen LogP contribution in [0.25, 0.3) is 0 Å². The molecule has 0 aromatic carbocycles. The van der Waals surface area contributed by atoms with Crippen LogP contribution in [0, 0.1) is 16.7 Å². The van der Waals surface area contributed by atoms with Crippen molar-refractivity contribution in [1.82, 2.24) is 4.31 Å². The zero-order valence-electron chi connectivity index (χ0n) is 11.7. The summed E-state index contributed by atoms with van der Waals surface area (Å²) in [6, 6.07) is -0.116. The summed E-state index contributed by atoms with van der Waals surface area (Å²) in [7, 11) is -3.45. The van der Waals surface area contributed by atoms with E-state index in [0.717, 1.165) is 19.3 Å². The molecule has 19 heavy (non-hydrogen) atoms. The van der Waals surface area contributed by atoms with Gasteiger partial charge in [0.2, 0.25) is 10.0 Å². The van der Waals surface area contributed by atoms with Crippen molar-refractivity contribution < 1.29 is 13.2 Å². The van der Waals surface area contributed by atoms with Gasteiger partial charge in [-0.3, -0.25) is 4.79 Å². The molecule has 5 heteroatoms. The molecule has 0 unspecified atom stereocenters. The Morgan fingerprint density at radius 3 is 2.63 bits per heavy atom.